The SMILES string of the molecule is Cc1cc(C)n2nc(SCC(=O)c3cc4ccccc4o3)nc2n1. The molecule has 0 radical (unpaired) electrons. The average Bonchev–Trinajstić information content (AvgIpc) is 3.16. The van der Waals surface area contributed by atoms with E-state index in [1.807, 2.05) is 44.2 Å². The topological polar surface area (TPSA) is 73.3 Å². The lowest BCUT2D eigenvalue weighted by atomic mass is 10.2. The highest BCUT2D eigenvalue weighted by Gasteiger charge is 2.15. The van der Waals surface area contributed by atoms with E-state index in [4.69, 9.17) is 4.42 Å². The number of hydrogen-bond acceptors (Lipinski definition) is 6. The first-order chi connectivity index (χ1) is 11.6. The predicted octanol–water partition coefficient (Wildman–Crippen LogP) is 3.46. The van der Waals surface area contributed by atoms with Crippen LogP contribution >= 0.6 is 11.8 Å². The molecule has 4 rings (SSSR count). The second kappa shape index (κ2) is 5.76. The molecule has 4 aromatic rings. The lowest BCUT2D eigenvalue weighted by Gasteiger charge is -1.97. The van der Waals surface area contributed by atoms with Crippen molar-refractivity contribution < 1.29 is 9.21 Å². The number of rotatable bonds is 4. The van der Waals surface area contributed by atoms with E-state index in [0.717, 1.165) is 16.8 Å². The summed E-state index contributed by atoms with van der Waals surface area (Å²) >= 11 is 1.28. The van der Waals surface area contributed by atoms with Gasteiger partial charge in [0.1, 0.15) is 5.58 Å². The van der Waals surface area contributed by atoms with Crippen molar-refractivity contribution >= 4 is 34.3 Å². The zero-order chi connectivity index (χ0) is 16.7. The molecule has 0 bridgehead atoms. The van der Waals surface area contributed by atoms with E-state index in [0.29, 0.717) is 22.3 Å². The predicted molar refractivity (Wildman–Crippen MR) is 91.5 cm³/mol. The van der Waals surface area contributed by atoms with Crippen LogP contribution in [0.2, 0.25) is 0 Å². The molecule has 3 aromatic heterocycles. The van der Waals surface area contributed by atoms with Gasteiger partial charge in [-0.15, -0.1) is 5.10 Å². The summed E-state index contributed by atoms with van der Waals surface area (Å²) in [6.45, 7) is 3.87. The Morgan fingerprint density at radius 3 is 2.88 bits per heavy atom. The molecule has 3 heterocycles. The van der Waals surface area contributed by atoms with Gasteiger partial charge in [0.2, 0.25) is 10.9 Å². The molecule has 0 aliphatic heterocycles. The van der Waals surface area contributed by atoms with Gasteiger partial charge in [0.05, 0.1) is 5.75 Å². The Morgan fingerprint density at radius 2 is 2.04 bits per heavy atom. The zero-order valence-electron chi connectivity index (χ0n) is 13.2. The largest absolute Gasteiger partial charge is 0.453 e. The molecule has 120 valence electrons. The van der Waals surface area contributed by atoms with E-state index < -0.39 is 0 Å². The Balaban J connectivity index is 1.53. The maximum atomic E-state index is 12.3. The van der Waals surface area contributed by atoms with Crippen molar-refractivity contribution in [1.82, 2.24) is 19.6 Å². The van der Waals surface area contributed by atoms with E-state index >= 15 is 0 Å². The van der Waals surface area contributed by atoms with Gasteiger partial charge in [0.15, 0.2) is 5.76 Å². The highest BCUT2D eigenvalue weighted by atomic mass is 32.2. The number of nitrogens with zero attached hydrogens (tertiary/aromatic N) is 4. The normalized spacial score (nSPS) is 11.4. The Bertz CT molecular complexity index is 1030. The van der Waals surface area contributed by atoms with Gasteiger partial charge in [-0.1, -0.05) is 30.0 Å². The molecule has 0 saturated heterocycles. The number of para-hydroxylation sites is 1. The van der Waals surface area contributed by atoms with Gasteiger partial charge in [-0.25, -0.2) is 9.50 Å². The number of carbonyl (C=O) groups is 1. The van der Waals surface area contributed by atoms with E-state index in [9.17, 15) is 4.79 Å². The number of carbonyl (C=O) groups excluding carboxylic acids is 1. The fourth-order valence-electron chi connectivity index (χ4n) is 2.53. The summed E-state index contributed by atoms with van der Waals surface area (Å²) in [6, 6.07) is 11.3. The van der Waals surface area contributed by atoms with Crippen LogP contribution in [0, 0.1) is 13.8 Å². The number of furan rings is 1. The molecule has 0 amide bonds. The number of thioether (sulfide) groups is 1. The van der Waals surface area contributed by atoms with Crippen molar-refractivity contribution in [3.63, 3.8) is 0 Å². The van der Waals surface area contributed by atoms with Crippen LogP contribution in [0.4, 0.5) is 0 Å². The molecule has 0 aliphatic carbocycles. The van der Waals surface area contributed by atoms with Gasteiger partial charge in [-0.05, 0) is 32.0 Å². The third-order valence-electron chi connectivity index (χ3n) is 3.63. The second-order valence-electron chi connectivity index (χ2n) is 5.51. The molecular weight excluding hydrogens is 324 g/mol. The average molecular weight is 338 g/mol. The first-order valence-corrected chi connectivity index (χ1v) is 8.44. The number of fused-ring (bicyclic) bond motifs is 2. The van der Waals surface area contributed by atoms with Crippen LogP contribution in [0.15, 0.2) is 46.0 Å². The Labute approximate surface area is 141 Å². The van der Waals surface area contributed by atoms with Crippen molar-refractivity contribution in [3.05, 3.63) is 53.5 Å². The van der Waals surface area contributed by atoms with Crippen LogP contribution in [0.5, 0.6) is 0 Å². The minimum Gasteiger partial charge on any atom is -0.453 e. The number of hydrogen-bond donors (Lipinski definition) is 0. The van der Waals surface area contributed by atoms with Crippen LogP contribution in [0.1, 0.15) is 21.9 Å². The first-order valence-electron chi connectivity index (χ1n) is 7.46. The Hall–Kier alpha value is -2.67. The summed E-state index contributed by atoms with van der Waals surface area (Å²) in [6.07, 6.45) is 0. The summed E-state index contributed by atoms with van der Waals surface area (Å²) < 4.78 is 7.27. The summed E-state index contributed by atoms with van der Waals surface area (Å²) in [4.78, 5) is 21.0. The fourth-order valence-corrected chi connectivity index (χ4v) is 3.22. The third-order valence-corrected chi connectivity index (χ3v) is 4.47. The van der Waals surface area contributed by atoms with Gasteiger partial charge in [-0.2, -0.15) is 4.98 Å². The summed E-state index contributed by atoms with van der Waals surface area (Å²) in [7, 11) is 0. The standard InChI is InChI=1S/C17H14N4O2S/c1-10-7-11(2)21-16(18-10)19-17(20-21)24-9-13(22)15-8-12-5-3-4-6-14(12)23-15/h3-8H,9H2,1-2H3. The molecule has 0 N–H and O–H groups in total. The third kappa shape index (κ3) is 2.67. The molecule has 6 nitrogen and oxygen atoms in total. The molecule has 0 saturated carbocycles. The van der Waals surface area contributed by atoms with E-state index in [1.165, 1.54) is 11.8 Å². The maximum absolute atomic E-state index is 12.3. The van der Waals surface area contributed by atoms with Crippen LogP contribution in [0.3, 0.4) is 0 Å². The lowest BCUT2D eigenvalue weighted by molar-refractivity contribution is 0.0994. The smallest absolute Gasteiger partial charge is 0.253 e. The maximum Gasteiger partial charge on any atom is 0.253 e. The molecule has 0 atom stereocenters. The van der Waals surface area contributed by atoms with Crippen molar-refractivity contribution in [1.29, 1.82) is 0 Å². The monoisotopic (exact) mass is 338 g/mol. The van der Waals surface area contributed by atoms with Gasteiger partial charge in [-0.3, -0.25) is 4.79 Å². The van der Waals surface area contributed by atoms with E-state index in [-0.39, 0.29) is 11.5 Å². The molecule has 24 heavy (non-hydrogen) atoms. The summed E-state index contributed by atoms with van der Waals surface area (Å²) in [5.74, 6) is 1.04. The highest BCUT2D eigenvalue weighted by Crippen LogP contribution is 2.22. The van der Waals surface area contributed by atoms with Crippen molar-refractivity contribution in [3.8, 4) is 0 Å². The molecule has 0 fully saturated rings. The van der Waals surface area contributed by atoms with E-state index in [1.54, 1.807) is 10.6 Å². The number of Topliss-reactive ketones (excluding diaryl/α,β-unsaturated/α-hetero) is 1. The van der Waals surface area contributed by atoms with Crippen LogP contribution in [-0.2, 0) is 0 Å². The molecule has 0 unspecified atom stereocenters. The van der Waals surface area contributed by atoms with Crippen molar-refractivity contribution in [2.75, 3.05) is 5.75 Å². The minimum atomic E-state index is -0.0871. The number of ketones is 1. The van der Waals surface area contributed by atoms with Gasteiger partial charge < -0.3 is 4.42 Å². The Morgan fingerprint density at radius 1 is 1.21 bits per heavy atom. The molecular formula is C17H14N4O2S. The first kappa shape index (κ1) is 14.9. The van der Waals surface area contributed by atoms with Crippen molar-refractivity contribution in [2.24, 2.45) is 0 Å². The molecule has 7 heteroatoms. The quantitative estimate of drug-likeness (QED) is 0.419. The minimum absolute atomic E-state index is 0.0871. The van der Waals surface area contributed by atoms with Gasteiger partial charge in [0, 0.05) is 16.8 Å². The van der Waals surface area contributed by atoms with Gasteiger partial charge in [0.25, 0.3) is 5.78 Å². The van der Waals surface area contributed by atoms with Crippen LogP contribution in [-0.4, -0.2) is 31.1 Å². The van der Waals surface area contributed by atoms with Crippen LogP contribution < -0.4 is 0 Å². The summed E-state index contributed by atoms with van der Waals surface area (Å²) in [5, 5.41) is 5.84. The number of benzene rings is 1. The van der Waals surface area contributed by atoms with Crippen molar-refractivity contribution in [2.45, 2.75) is 19.0 Å². The second-order valence-corrected chi connectivity index (χ2v) is 6.45. The van der Waals surface area contributed by atoms with Gasteiger partial charge >= 0.3 is 0 Å². The molecule has 0 spiro atoms. The van der Waals surface area contributed by atoms with Crippen LogP contribution in [0.25, 0.3) is 16.7 Å². The molecule has 1 aromatic carbocycles. The fraction of sp³-hybridized carbons (Fsp3) is 0.176. The van der Waals surface area contributed by atoms with E-state index in [2.05, 4.69) is 15.1 Å². The highest BCUT2D eigenvalue weighted by molar-refractivity contribution is 7.99. The summed E-state index contributed by atoms with van der Waals surface area (Å²) in [5.41, 5.74) is 2.56. The number of aryl methyl sites for hydroxylation is 2. The Kier molecular flexibility index (Phi) is 3.57. The lowest BCUT2D eigenvalue weighted by Crippen LogP contribution is -2.00. The zero-order valence-corrected chi connectivity index (χ0v) is 14.0. The number of aromatic nitrogens is 4. The molecule has 0 aliphatic rings.